The third-order valence-corrected chi connectivity index (χ3v) is 1.85. The van der Waals surface area contributed by atoms with Crippen molar-refractivity contribution in [1.29, 1.82) is 5.26 Å². The van der Waals surface area contributed by atoms with Gasteiger partial charge in [-0.15, -0.1) is 0 Å². The molecule has 0 aliphatic rings. The van der Waals surface area contributed by atoms with Crippen LogP contribution in [0.3, 0.4) is 0 Å². The van der Waals surface area contributed by atoms with Gasteiger partial charge in [-0.25, -0.2) is 9.97 Å². The van der Waals surface area contributed by atoms with Gasteiger partial charge in [0.25, 0.3) is 0 Å². The van der Waals surface area contributed by atoms with Gasteiger partial charge in [0.1, 0.15) is 17.5 Å². The second-order valence-corrected chi connectivity index (χ2v) is 3.20. The summed E-state index contributed by atoms with van der Waals surface area (Å²) in [5.41, 5.74) is 0. The van der Waals surface area contributed by atoms with Gasteiger partial charge >= 0.3 is 0 Å². The quantitative estimate of drug-likeness (QED) is 0.425. The van der Waals surface area contributed by atoms with E-state index in [0.29, 0.717) is 24.1 Å². The third kappa shape index (κ3) is 4.11. The van der Waals surface area contributed by atoms with E-state index in [4.69, 9.17) is 10.00 Å². The van der Waals surface area contributed by atoms with Gasteiger partial charge in [0.05, 0.1) is 0 Å². The smallest absolute Gasteiger partial charge is 0.182 e. The standard InChI is InChI=1S/C10H15N5O/c1-8-14-9(12-4-3-5-16-2)6-10(15-8)13-7-11/h6H,3-5H2,1-2H3,(H2,12,13,14,15). The van der Waals surface area contributed by atoms with Crippen molar-refractivity contribution >= 4 is 11.6 Å². The lowest BCUT2D eigenvalue weighted by molar-refractivity contribution is 0.198. The number of nitrogens with zero attached hydrogens (tertiary/aromatic N) is 3. The molecule has 1 aromatic heterocycles. The van der Waals surface area contributed by atoms with Crippen LogP contribution in [0.2, 0.25) is 0 Å². The minimum absolute atomic E-state index is 0.504. The molecular weight excluding hydrogens is 206 g/mol. The highest BCUT2D eigenvalue weighted by Crippen LogP contribution is 2.10. The van der Waals surface area contributed by atoms with Gasteiger partial charge in [-0.2, -0.15) is 5.26 Å². The van der Waals surface area contributed by atoms with Gasteiger partial charge in [-0.1, -0.05) is 0 Å². The van der Waals surface area contributed by atoms with Gasteiger partial charge in [-0.05, 0) is 13.3 Å². The molecule has 0 fully saturated rings. The number of aromatic nitrogens is 2. The highest BCUT2D eigenvalue weighted by Gasteiger charge is 2.00. The summed E-state index contributed by atoms with van der Waals surface area (Å²) in [5, 5.41) is 14.1. The van der Waals surface area contributed by atoms with Gasteiger partial charge in [-0.3, -0.25) is 5.32 Å². The number of nitrogens with one attached hydrogen (secondary N) is 2. The van der Waals surface area contributed by atoms with Crippen molar-refractivity contribution in [2.75, 3.05) is 30.9 Å². The molecule has 0 aliphatic heterocycles. The summed E-state index contributed by atoms with van der Waals surface area (Å²) < 4.78 is 4.94. The molecule has 1 rings (SSSR count). The van der Waals surface area contributed by atoms with Crippen LogP contribution >= 0.6 is 0 Å². The molecule has 0 spiro atoms. The Morgan fingerprint density at radius 3 is 2.88 bits per heavy atom. The lowest BCUT2D eigenvalue weighted by Crippen LogP contribution is -2.08. The maximum atomic E-state index is 8.49. The highest BCUT2D eigenvalue weighted by atomic mass is 16.5. The van der Waals surface area contributed by atoms with Crippen molar-refractivity contribution in [1.82, 2.24) is 9.97 Å². The molecule has 1 heterocycles. The first kappa shape index (κ1) is 12.2. The fraction of sp³-hybridized carbons (Fsp3) is 0.500. The summed E-state index contributed by atoms with van der Waals surface area (Å²) in [6.45, 7) is 3.26. The molecule has 0 unspecified atom stereocenters. The number of nitriles is 1. The largest absolute Gasteiger partial charge is 0.385 e. The van der Waals surface area contributed by atoms with Crippen LogP contribution < -0.4 is 10.6 Å². The van der Waals surface area contributed by atoms with Crippen molar-refractivity contribution in [3.05, 3.63) is 11.9 Å². The summed E-state index contributed by atoms with van der Waals surface area (Å²) in [6, 6.07) is 1.70. The Morgan fingerprint density at radius 2 is 2.19 bits per heavy atom. The van der Waals surface area contributed by atoms with E-state index in [2.05, 4.69) is 20.6 Å². The van der Waals surface area contributed by atoms with Crippen LogP contribution in [0, 0.1) is 18.4 Å². The summed E-state index contributed by atoms with van der Waals surface area (Å²) in [6.07, 6.45) is 2.73. The lowest BCUT2D eigenvalue weighted by Gasteiger charge is -2.07. The average molecular weight is 221 g/mol. The van der Waals surface area contributed by atoms with E-state index < -0.39 is 0 Å². The molecule has 0 aliphatic carbocycles. The van der Waals surface area contributed by atoms with E-state index in [-0.39, 0.29) is 0 Å². The Balaban J connectivity index is 2.55. The number of methoxy groups -OCH3 is 1. The number of aryl methyl sites for hydroxylation is 1. The topological polar surface area (TPSA) is 82.9 Å². The maximum absolute atomic E-state index is 8.49. The number of hydrogen-bond acceptors (Lipinski definition) is 6. The maximum Gasteiger partial charge on any atom is 0.182 e. The Labute approximate surface area is 94.7 Å². The average Bonchev–Trinajstić information content (AvgIpc) is 2.24. The zero-order valence-electron chi connectivity index (χ0n) is 9.45. The highest BCUT2D eigenvalue weighted by molar-refractivity contribution is 5.49. The van der Waals surface area contributed by atoms with Gasteiger partial charge in [0.15, 0.2) is 6.19 Å². The Morgan fingerprint density at radius 1 is 1.44 bits per heavy atom. The molecule has 16 heavy (non-hydrogen) atoms. The zero-order valence-corrected chi connectivity index (χ0v) is 9.45. The monoisotopic (exact) mass is 221 g/mol. The number of anilines is 2. The summed E-state index contributed by atoms with van der Waals surface area (Å²) >= 11 is 0. The molecule has 86 valence electrons. The lowest BCUT2D eigenvalue weighted by atomic mass is 10.4. The van der Waals surface area contributed by atoms with E-state index in [1.807, 2.05) is 6.19 Å². The molecule has 0 bridgehead atoms. The Bertz CT molecular complexity index is 374. The summed E-state index contributed by atoms with van der Waals surface area (Å²) in [5.74, 6) is 1.83. The van der Waals surface area contributed by atoms with Crippen LogP contribution in [-0.4, -0.2) is 30.2 Å². The third-order valence-electron chi connectivity index (χ3n) is 1.85. The van der Waals surface area contributed by atoms with Gasteiger partial charge < -0.3 is 10.1 Å². The molecular formula is C10H15N5O. The van der Waals surface area contributed by atoms with Gasteiger partial charge in [0, 0.05) is 26.3 Å². The van der Waals surface area contributed by atoms with Crippen LogP contribution in [0.1, 0.15) is 12.2 Å². The van der Waals surface area contributed by atoms with Gasteiger partial charge in [0.2, 0.25) is 0 Å². The first-order valence-corrected chi connectivity index (χ1v) is 5.00. The van der Waals surface area contributed by atoms with E-state index >= 15 is 0 Å². The summed E-state index contributed by atoms with van der Waals surface area (Å²) in [4.78, 5) is 8.26. The second kappa shape index (κ2) is 6.58. The first-order valence-electron chi connectivity index (χ1n) is 5.00. The molecule has 0 atom stereocenters. The first-order chi connectivity index (χ1) is 7.76. The van der Waals surface area contributed by atoms with Crippen LogP contribution in [-0.2, 0) is 4.74 Å². The molecule has 0 saturated heterocycles. The van der Waals surface area contributed by atoms with Crippen molar-refractivity contribution in [2.24, 2.45) is 0 Å². The zero-order chi connectivity index (χ0) is 11.8. The predicted molar refractivity (Wildman–Crippen MR) is 61.0 cm³/mol. The van der Waals surface area contributed by atoms with Crippen molar-refractivity contribution in [3.63, 3.8) is 0 Å². The molecule has 2 N–H and O–H groups in total. The van der Waals surface area contributed by atoms with Crippen LogP contribution in [0.25, 0.3) is 0 Å². The fourth-order valence-electron chi connectivity index (χ4n) is 1.21. The van der Waals surface area contributed by atoms with E-state index in [9.17, 15) is 0 Å². The Hall–Kier alpha value is -1.87. The normalized spacial score (nSPS) is 9.56. The number of hydrogen-bond donors (Lipinski definition) is 2. The van der Waals surface area contributed by atoms with E-state index in [1.54, 1.807) is 20.1 Å². The van der Waals surface area contributed by atoms with Crippen LogP contribution in [0.15, 0.2) is 6.07 Å². The molecule has 0 amide bonds. The fourth-order valence-corrected chi connectivity index (χ4v) is 1.21. The molecule has 1 aromatic rings. The predicted octanol–water partition coefficient (Wildman–Crippen LogP) is 1.13. The molecule has 0 aromatic carbocycles. The van der Waals surface area contributed by atoms with E-state index in [1.165, 1.54) is 0 Å². The molecule has 0 radical (unpaired) electrons. The number of ether oxygens (including phenoxy) is 1. The van der Waals surface area contributed by atoms with E-state index in [0.717, 1.165) is 13.0 Å². The van der Waals surface area contributed by atoms with Crippen LogP contribution in [0.5, 0.6) is 0 Å². The van der Waals surface area contributed by atoms with Crippen molar-refractivity contribution in [2.45, 2.75) is 13.3 Å². The molecule has 6 heteroatoms. The minimum atomic E-state index is 0.504. The van der Waals surface area contributed by atoms with Crippen molar-refractivity contribution in [3.8, 4) is 6.19 Å². The van der Waals surface area contributed by atoms with Crippen LogP contribution in [0.4, 0.5) is 11.6 Å². The SMILES string of the molecule is COCCCNc1cc(NC#N)nc(C)n1. The Kier molecular flexibility index (Phi) is 5.02. The second-order valence-electron chi connectivity index (χ2n) is 3.20. The number of rotatable bonds is 6. The minimum Gasteiger partial charge on any atom is -0.385 e. The molecule has 0 saturated carbocycles. The van der Waals surface area contributed by atoms with Crippen molar-refractivity contribution < 1.29 is 4.74 Å². The summed E-state index contributed by atoms with van der Waals surface area (Å²) in [7, 11) is 1.67. The molecule has 6 nitrogen and oxygen atoms in total.